The number of hydrogen-bond donors (Lipinski definition) is 0. The third kappa shape index (κ3) is 6.47. The molecule has 0 unspecified atom stereocenters. The molecule has 0 saturated heterocycles. The standard InChI is InChI=1S/C29H26O8S2/c1-20-9-13-24(14-10-20)38(31,32)36-27-17-28(37-39(33,34)25-15-11-21(2)12-16-25)26(18-30)29(22(27)3)35-19-23-7-5-4-6-8-23/h4-18H,19H2,1-3H3. The van der Waals surface area contributed by atoms with E-state index in [9.17, 15) is 21.6 Å². The number of benzene rings is 4. The molecule has 0 N–H and O–H groups in total. The highest BCUT2D eigenvalue weighted by atomic mass is 32.2. The topological polar surface area (TPSA) is 113 Å². The molecule has 0 spiro atoms. The summed E-state index contributed by atoms with van der Waals surface area (Å²) in [7, 11) is -8.72. The minimum Gasteiger partial charge on any atom is -0.488 e. The van der Waals surface area contributed by atoms with Crippen LogP contribution in [0.3, 0.4) is 0 Å². The van der Waals surface area contributed by atoms with Crippen molar-refractivity contribution in [1.29, 1.82) is 0 Å². The summed E-state index contributed by atoms with van der Waals surface area (Å²) in [5.41, 5.74) is 2.42. The van der Waals surface area contributed by atoms with Gasteiger partial charge in [-0.1, -0.05) is 65.7 Å². The van der Waals surface area contributed by atoms with E-state index in [0.29, 0.717) is 6.29 Å². The molecule has 0 atom stereocenters. The Morgan fingerprint density at radius 2 is 1.15 bits per heavy atom. The molecule has 4 aromatic carbocycles. The van der Waals surface area contributed by atoms with Gasteiger partial charge in [-0.2, -0.15) is 16.8 Å². The van der Waals surface area contributed by atoms with Crippen LogP contribution in [0.1, 0.15) is 32.6 Å². The van der Waals surface area contributed by atoms with Crippen LogP contribution in [0.4, 0.5) is 0 Å². The molecule has 8 nitrogen and oxygen atoms in total. The predicted octanol–water partition coefficient (Wildman–Crippen LogP) is 5.54. The Morgan fingerprint density at radius 3 is 1.64 bits per heavy atom. The number of carbonyl (C=O) groups is 1. The van der Waals surface area contributed by atoms with E-state index >= 15 is 0 Å². The van der Waals surface area contributed by atoms with Gasteiger partial charge in [-0.05, 0) is 50.6 Å². The Hall–Kier alpha value is -4.15. The molecular weight excluding hydrogens is 540 g/mol. The molecule has 0 aliphatic carbocycles. The highest BCUT2D eigenvalue weighted by Crippen LogP contribution is 2.40. The van der Waals surface area contributed by atoms with Crippen LogP contribution < -0.4 is 13.1 Å². The van der Waals surface area contributed by atoms with Gasteiger partial charge < -0.3 is 13.1 Å². The van der Waals surface area contributed by atoms with Crippen molar-refractivity contribution in [2.75, 3.05) is 0 Å². The summed E-state index contributed by atoms with van der Waals surface area (Å²) in [5.74, 6) is -0.758. The van der Waals surface area contributed by atoms with Crippen molar-refractivity contribution in [2.45, 2.75) is 37.2 Å². The molecule has 0 heterocycles. The Balaban J connectivity index is 1.81. The van der Waals surface area contributed by atoms with E-state index in [4.69, 9.17) is 13.1 Å². The van der Waals surface area contributed by atoms with Crippen LogP contribution in [0.15, 0.2) is 94.7 Å². The molecule has 0 aliphatic rings. The zero-order valence-corrected chi connectivity index (χ0v) is 23.1. The first-order chi connectivity index (χ1) is 18.5. The van der Waals surface area contributed by atoms with Crippen molar-refractivity contribution in [3.63, 3.8) is 0 Å². The molecule has 0 bridgehead atoms. The largest absolute Gasteiger partial charge is 0.488 e. The normalized spacial score (nSPS) is 11.6. The van der Waals surface area contributed by atoms with Crippen molar-refractivity contribution in [3.05, 3.63) is 113 Å². The minimum absolute atomic E-state index is 0.0147. The van der Waals surface area contributed by atoms with Crippen LogP contribution in [-0.2, 0) is 26.8 Å². The molecule has 0 aliphatic heterocycles. The average molecular weight is 567 g/mol. The first-order valence-corrected chi connectivity index (χ1v) is 14.6. The fraction of sp³-hybridized carbons (Fsp3) is 0.138. The second-order valence-corrected chi connectivity index (χ2v) is 11.9. The van der Waals surface area contributed by atoms with Crippen molar-refractivity contribution >= 4 is 26.5 Å². The second kappa shape index (κ2) is 11.3. The van der Waals surface area contributed by atoms with E-state index in [1.807, 2.05) is 25.1 Å². The Kier molecular flexibility index (Phi) is 8.08. The lowest BCUT2D eigenvalue weighted by Gasteiger charge is -2.19. The maximum absolute atomic E-state index is 13.1. The van der Waals surface area contributed by atoms with Crippen molar-refractivity contribution in [3.8, 4) is 17.2 Å². The molecule has 0 fully saturated rings. The average Bonchev–Trinajstić information content (AvgIpc) is 2.90. The second-order valence-electron chi connectivity index (χ2n) is 8.83. The number of aryl methyl sites for hydroxylation is 2. The molecule has 0 amide bonds. The van der Waals surface area contributed by atoms with Gasteiger partial charge in [0.25, 0.3) is 0 Å². The van der Waals surface area contributed by atoms with Gasteiger partial charge in [0, 0.05) is 11.6 Å². The maximum Gasteiger partial charge on any atom is 0.339 e. The van der Waals surface area contributed by atoms with E-state index in [1.54, 1.807) is 43.3 Å². The Bertz CT molecular complexity index is 1690. The smallest absolute Gasteiger partial charge is 0.339 e. The van der Waals surface area contributed by atoms with Gasteiger partial charge in [0.1, 0.15) is 27.7 Å². The molecule has 202 valence electrons. The van der Waals surface area contributed by atoms with Crippen LogP contribution in [-0.4, -0.2) is 23.1 Å². The summed E-state index contributed by atoms with van der Waals surface area (Å²) >= 11 is 0. The van der Waals surface area contributed by atoms with Crippen molar-refractivity contribution in [2.24, 2.45) is 0 Å². The number of rotatable bonds is 10. The highest BCUT2D eigenvalue weighted by Gasteiger charge is 2.27. The minimum atomic E-state index is -4.40. The van der Waals surface area contributed by atoms with Gasteiger partial charge in [-0.15, -0.1) is 0 Å². The van der Waals surface area contributed by atoms with Gasteiger partial charge in [0.05, 0.1) is 0 Å². The summed E-state index contributed by atoms with van der Waals surface area (Å²) in [6.07, 6.45) is 0.394. The molecule has 4 aromatic rings. The third-order valence-electron chi connectivity index (χ3n) is 5.84. The number of ether oxygens (including phenoxy) is 1. The summed E-state index contributed by atoms with van der Waals surface area (Å²) in [4.78, 5) is 12.0. The van der Waals surface area contributed by atoms with Gasteiger partial charge in [0.15, 0.2) is 17.8 Å². The zero-order valence-electron chi connectivity index (χ0n) is 21.4. The van der Waals surface area contributed by atoms with Crippen LogP contribution in [0.5, 0.6) is 17.2 Å². The van der Waals surface area contributed by atoms with Crippen LogP contribution in [0.2, 0.25) is 0 Å². The lowest BCUT2D eigenvalue weighted by atomic mass is 10.1. The SMILES string of the molecule is Cc1ccc(S(=O)(=O)Oc2cc(OS(=O)(=O)c3ccc(C)cc3)c(C=O)c(OCc3ccccc3)c2C)cc1. The Labute approximate surface area is 228 Å². The summed E-state index contributed by atoms with van der Waals surface area (Å²) < 4.78 is 69.0. The van der Waals surface area contributed by atoms with Crippen LogP contribution in [0.25, 0.3) is 0 Å². The highest BCUT2D eigenvalue weighted by molar-refractivity contribution is 7.87. The van der Waals surface area contributed by atoms with E-state index in [-0.39, 0.29) is 39.0 Å². The van der Waals surface area contributed by atoms with Gasteiger partial charge >= 0.3 is 20.2 Å². The Morgan fingerprint density at radius 1 is 0.667 bits per heavy atom. The molecule has 0 radical (unpaired) electrons. The lowest BCUT2D eigenvalue weighted by molar-refractivity contribution is 0.111. The molecular formula is C29H26O8S2. The van der Waals surface area contributed by atoms with Crippen LogP contribution >= 0.6 is 0 Å². The van der Waals surface area contributed by atoms with Gasteiger partial charge in [0.2, 0.25) is 0 Å². The number of hydrogen-bond acceptors (Lipinski definition) is 8. The maximum atomic E-state index is 13.1. The van der Waals surface area contributed by atoms with Crippen LogP contribution in [0, 0.1) is 20.8 Å². The third-order valence-corrected chi connectivity index (χ3v) is 8.34. The molecule has 0 aromatic heterocycles. The molecule has 10 heteroatoms. The quantitative estimate of drug-likeness (QED) is 0.182. The van der Waals surface area contributed by atoms with E-state index < -0.39 is 26.0 Å². The predicted molar refractivity (Wildman–Crippen MR) is 145 cm³/mol. The number of carbonyl (C=O) groups excluding carboxylic acids is 1. The van der Waals surface area contributed by atoms with Gasteiger partial charge in [-0.25, -0.2) is 0 Å². The first kappa shape index (κ1) is 27.9. The van der Waals surface area contributed by atoms with Crippen molar-refractivity contribution in [1.82, 2.24) is 0 Å². The molecule has 4 rings (SSSR count). The zero-order chi connectivity index (χ0) is 28.2. The van der Waals surface area contributed by atoms with E-state index in [0.717, 1.165) is 22.8 Å². The van der Waals surface area contributed by atoms with E-state index in [1.165, 1.54) is 31.2 Å². The first-order valence-electron chi connectivity index (χ1n) is 11.8. The van der Waals surface area contributed by atoms with E-state index in [2.05, 4.69) is 0 Å². The summed E-state index contributed by atoms with van der Waals surface area (Å²) in [6.45, 7) is 5.14. The molecule has 0 saturated carbocycles. The van der Waals surface area contributed by atoms with Gasteiger partial charge in [-0.3, -0.25) is 4.79 Å². The summed E-state index contributed by atoms with van der Waals surface area (Å²) in [6, 6.07) is 22.1. The number of aldehydes is 1. The fourth-order valence-corrected chi connectivity index (χ4v) is 5.57. The summed E-state index contributed by atoms with van der Waals surface area (Å²) in [5, 5.41) is 0. The van der Waals surface area contributed by atoms with Crippen molar-refractivity contribution < 1.29 is 34.7 Å². The molecule has 39 heavy (non-hydrogen) atoms. The fourth-order valence-electron chi connectivity index (χ4n) is 3.66. The lowest BCUT2D eigenvalue weighted by Crippen LogP contribution is -2.14. The monoisotopic (exact) mass is 566 g/mol.